The quantitative estimate of drug-likeness (QED) is 0.763. The average molecular weight is 296 g/mol. The van der Waals surface area contributed by atoms with Gasteiger partial charge in [0.1, 0.15) is 5.82 Å². The van der Waals surface area contributed by atoms with Gasteiger partial charge in [-0.15, -0.1) is 0 Å². The van der Waals surface area contributed by atoms with E-state index < -0.39 is 17.4 Å². The molecule has 3 N–H and O–H groups in total. The molecular weight excluding hydrogens is 285 g/mol. The number of phenolic OH excluding ortho intramolecular Hbond substituents is 2. The highest BCUT2D eigenvalue weighted by molar-refractivity contribution is 6.31. The molecule has 0 aromatic heterocycles. The Kier molecular flexibility index (Phi) is 4.10. The third-order valence-corrected chi connectivity index (χ3v) is 2.88. The van der Waals surface area contributed by atoms with Gasteiger partial charge in [0.15, 0.2) is 11.5 Å². The van der Waals surface area contributed by atoms with Crippen molar-refractivity contribution in [2.45, 2.75) is 6.54 Å². The largest absolute Gasteiger partial charge is 0.504 e. The molecule has 0 saturated carbocycles. The summed E-state index contributed by atoms with van der Waals surface area (Å²) < 4.78 is 12.7. The van der Waals surface area contributed by atoms with Crippen LogP contribution in [0.1, 0.15) is 15.9 Å². The van der Waals surface area contributed by atoms with Crippen LogP contribution >= 0.6 is 11.6 Å². The Morgan fingerprint density at radius 2 is 1.85 bits per heavy atom. The summed E-state index contributed by atoms with van der Waals surface area (Å²) in [6, 6.07) is 8.01. The molecule has 2 aromatic carbocycles. The summed E-state index contributed by atoms with van der Waals surface area (Å²) in [5.74, 6) is -1.96. The molecule has 6 heteroatoms. The van der Waals surface area contributed by atoms with E-state index in [2.05, 4.69) is 5.32 Å². The van der Waals surface area contributed by atoms with Crippen molar-refractivity contribution in [3.05, 3.63) is 58.4 Å². The van der Waals surface area contributed by atoms with Gasteiger partial charge in [0.05, 0.1) is 5.56 Å². The lowest BCUT2D eigenvalue weighted by atomic mass is 10.1. The van der Waals surface area contributed by atoms with E-state index in [0.29, 0.717) is 5.56 Å². The molecule has 0 heterocycles. The van der Waals surface area contributed by atoms with Gasteiger partial charge in [-0.05, 0) is 23.8 Å². The first-order valence-corrected chi connectivity index (χ1v) is 6.09. The third kappa shape index (κ3) is 3.19. The second-order valence-corrected chi connectivity index (χ2v) is 4.57. The van der Waals surface area contributed by atoms with E-state index in [4.69, 9.17) is 11.6 Å². The molecular formula is C14H11ClFNO3. The average Bonchev–Trinajstić information content (AvgIpc) is 2.42. The van der Waals surface area contributed by atoms with Crippen LogP contribution in [-0.4, -0.2) is 16.1 Å². The zero-order valence-electron chi connectivity index (χ0n) is 10.2. The van der Waals surface area contributed by atoms with E-state index in [1.807, 2.05) is 0 Å². The zero-order valence-corrected chi connectivity index (χ0v) is 11.0. The Morgan fingerprint density at radius 3 is 2.50 bits per heavy atom. The molecule has 0 spiro atoms. The first kappa shape index (κ1) is 14.1. The van der Waals surface area contributed by atoms with Crippen LogP contribution in [-0.2, 0) is 6.54 Å². The zero-order chi connectivity index (χ0) is 14.7. The molecule has 0 atom stereocenters. The normalized spacial score (nSPS) is 10.3. The van der Waals surface area contributed by atoms with Crippen molar-refractivity contribution in [2.24, 2.45) is 0 Å². The molecule has 104 valence electrons. The van der Waals surface area contributed by atoms with Gasteiger partial charge in [-0.1, -0.05) is 23.7 Å². The minimum absolute atomic E-state index is 0.128. The minimum Gasteiger partial charge on any atom is -0.504 e. The van der Waals surface area contributed by atoms with Crippen molar-refractivity contribution >= 4 is 17.5 Å². The lowest BCUT2D eigenvalue weighted by molar-refractivity contribution is 0.0947. The fourth-order valence-corrected chi connectivity index (χ4v) is 1.85. The molecule has 0 unspecified atom stereocenters. The summed E-state index contributed by atoms with van der Waals surface area (Å²) in [7, 11) is 0. The van der Waals surface area contributed by atoms with Gasteiger partial charge in [0, 0.05) is 17.6 Å². The second-order valence-electron chi connectivity index (χ2n) is 4.13. The predicted molar refractivity (Wildman–Crippen MR) is 72.4 cm³/mol. The van der Waals surface area contributed by atoms with Crippen LogP contribution in [0.3, 0.4) is 0 Å². The molecule has 0 saturated heterocycles. The third-order valence-electron chi connectivity index (χ3n) is 2.67. The Balaban J connectivity index is 2.11. The maximum absolute atomic E-state index is 12.7. The van der Waals surface area contributed by atoms with Crippen molar-refractivity contribution in [3.8, 4) is 11.5 Å². The molecule has 0 bridgehead atoms. The minimum atomic E-state index is -0.593. The van der Waals surface area contributed by atoms with Gasteiger partial charge in [-0.25, -0.2) is 4.39 Å². The highest BCUT2D eigenvalue weighted by atomic mass is 35.5. The summed E-state index contributed by atoms with van der Waals surface area (Å²) >= 11 is 5.71. The topological polar surface area (TPSA) is 69.6 Å². The maximum atomic E-state index is 12.7. The van der Waals surface area contributed by atoms with Crippen LogP contribution in [0.5, 0.6) is 11.5 Å². The molecule has 0 radical (unpaired) electrons. The summed E-state index contributed by atoms with van der Waals surface area (Å²) in [6.07, 6.45) is 0. The number of amides is 1. The van der Waals surface area contributed by atoms with Gasteiger partial charge in [-0.2, -0.15) is 0 Å². The number of nitrogens with one attached hydrogen (secondary N) is 1. The van der Waals surface area contributed by atoms with Crippen LogP contribution in [0, 0.1) is 5.82 Å². The van der Waals surface area contributed by atoms with E-state index in [9.17, 15) is 19.4 Å². The predicted octanol–water partition coefficient (Wildman–Crippen LogP) is 2.82. The molecule has 0 fully saturated rings. The number of rotatable bonds is 3. The lowest BCUT2D eigenvalue weighted by Gasteiger charge is -2.08. The number of carbonyl (C=O) groups excluding carboxylic acids is 1. The molecule has 2 rings (SSSR count). The monoisotopic (exact) mass is 295 g/mol. The van der Waals surface area contributed by atoms with Crippen LogP contribution in [0.15, 0.2) is 36.4 Å². The van der Waals surface area contributed by atoms with Crippen LogP contribution in [0.4, 0.5) is 4.39 Å². The van der Waals surface area contributed by atoms with Gasteiger partial charge in [0.25, 0.3) is 5.91 Å². The second kappa shape index (κ2) is 5.79. The SMILES string of the molecule is O=C(NCc1ccc(F)cc1)c1cc(Cl)cc(O)c1O. The number of aromatic hydroxyl groups is 2. The highest BCUT2D eigenvalue weighted by Crippen LogP contribution is 2.32. The van der Waals surface area contributed by atoms with Crippen LogP contribution in [0.2, 0.25) is 5.02 Å². The number of hydrogen-bond acceptors (Lipinski definition) is 3. The van der Waals surface area contributed by atoms with Crippen LogP contribution in [0.25, 0.3) is 0 Å². The van der Waals surface area contributed by atoms with Gasteiger partial charge < -0.3 is 15.5 Å². The van der Waals surface area contributed by atoms with Gasteiger partial charge in [-0.3, -0.25) is 4.79 Å². The summed E-state index contributed by atoms with van der Waals surface area (Å²) in [5, 5.41) is 21.7. The number of benzene rings is 2. The summed E-state index contributed by atoms with van der Waals surface area (Å²) in [5.41, 5.74) is 0.572. The molecule has 0 aliphatic rings. The number of phenols is 2. The van der Waals surface area contributed by atoms with Gasteiger partial charge >= 0.3 is 0 Å². The lowest BCUT2D eigenvalue weighted by Crippen LogP contribution is -2.22. The first-order chi connectivity index (χ1) is 9.47. The number of carbonyl (C=O) groups is 1. The molecule has 4 nitrogen and oxygen atoms in total. The fraction of sp³-hybridized carbons (Fsp3) is 0.0714. The molecule has 0 aliphatic carbocycles. The highest BCUT2D eigenvalue weighted by Gasteiger charge is 2.15. The Hall–Kier alpha value is -2.27. The molecule has 0 aliphatic heterocycles. The van der Waals surface area contributed by atoms with Gasteiger partial charge in [0.2, 0.25) is 0 Å². The summed E-state index contributed by atoms with van der Waals surface area (Å²) in [4.78, 5) is 11.9. The van der Waals surface area contributed by atoms with Crippen LogP contribution < -0.4 is 5.32 Å². The Morgan fingerprint density at radius 1 is 1.20 bits per heavy atom. The first-order valence-electron chi connectivity index (χ1n) is 5.71. The van der Waals surface area contributed by atoms with Crippen molar-refractivity contribution in [1.29, 1.82) is 0 Å². The van der Waals surface area contributed by atoms with Crippen molar-refractivity contribution in [3.63, 3.8) is 0 Å². The van der Waals surface area contributed by atoms with Crippen molar-refractivity contribution < 1.29 is 19.4 Å². The van der Waals surface area contributed by atoms with E-state index >= 15 is 0 Å². The van der Waals surface area contributed by atoms with E-state index in [1.54, 1.807) is 0 Å². The Labute approximate surface area is 119 Å². The molecule has 2 aromatic rings. The van der Waals surface area contributed by atoms with Crippen molar-refractivity contribution in [1.82, 2.24) is 5.32 Å². The number of hydrogen-bond donors (Lipinski definition) is 3. The fourth-order valence-electron chi connectivity index (χ4n) is 1.64. The maximum Gasteiger partial charge on any atom is 0.255 e. The number of halogens is 2. The van der Waals surface area contributed by atoms with E-state index in [-0.39, 0.29) is 22.9 Å². The Bertz CT molecular complexity index is 644. The molecule has 1 amide bonds. The standard InChI is InChI=1S/C14H11ClFNO3/c15-9-5-11(13(19)12(18)6-9)14(20)17-7-8-1-3-10(16)4-2-8/h1-6,18-19H,7H2,(H,17,20). The molecule has 20 heavy (non-hydrogen) atoms. The smallest absolute Gasteiger partial charge is 0.255 e. The summed E-state index contributed by atoms with van der Waals surface area (Å²) in [6.45, 7) is 0.159. The van der Waals surface area contributed by atoms with Crippen molar-refractivity contribution in [2.75, 3.05) is 0 Å². The van der Waals surface area contributed by atoms with E-state index in [0.717, 1.165) is 6.07 Å². The van der Waals surface area contributed by atoms with E-state index in [1.165, 1.54) is 30.3 Å².